The standard InChI is InChI=1S/C15H23NO3/c1-10(2)12-6-5-7-13(8-12)19-9-14(15(17)18)16-11(3)4/h5-8,10-11,14,16H,9H2,1-4H3,(H,17,18). The molecule has 0 aliphatic heterocycles. The summed E-state index contributed by atoms with van der Waals surface area (Å²) in [5, 5.41) is 12.1. The topological polar surface area (TPSA) is 58.6 Å². The quantitative estimate of drug-likeness (QED) is 0.795. The molecular weight excluding hydrogens is 242 g/mol. The third-order valence-corrected chi connectivity index (χ3v) is 2.77. The van der Waals surface area contributed by atoms with Crippen molar-refractivity contribution in [3.63, 3.8) is 0 Å². The molecule has 0 saturated carbocycles. The van der Waals surface area contributed by atoms with Gasteiger partial charge in [-0.15, -0.1) is 0 Å². The lowest BCUT2D eigenvalue weighted by molar-refractivity contribution is -0.140. The van der Waals surface area contributed by atoms with E-state index >= 15 is 0 Å². The second-order valence-electron chi connectivity index (χ2n) is 5.25. The number of hydrogen-bond donors (Lipinski definition) is 2. The van der Waals surface area contributed by atoms with Crippen LogP contribution < -0.4 is 10.1 Å². The minimum absolute atomic E-state index is 0.103. The predicted molar refractivity (Wildman–Crippen MR) is 75.7 cm³/mol. The van der Waals surface area contributed by atoms with Crippen LogP contribution in [0.3, 0.4) is 0 Å². The van der Waals surface area contributed by atoms with Crippen LogP contribution in [-0.2, 0) is 4.79 Å². The average molecular weight is 265 g/mol. The van der Waals surface area contributed by atoms with Gasteiger partial charge in [0.2, 0.25) is 0 Å². The summed E-state index contributed by atoms with van der Waals surface area (Å²) in [5.74, 6) is 0.240. The normalized spacial score (nSPS) is 12.7. The van der Waals surface area contributed by atoms with Gasteiger partial charge in [0.1, 0.15) is 18.4 Å². The highest BCUT2D eigenvalue weighted by atomic mass is 16.5. The molecule has 0 aromatic heterocycles. The van der Waals surface area contributed by atoms with Gasteiger partial charge in [-0.1, -0.05) is 39.8 Å². The van der Waals surface area contributed by atoms with Crippen LogP contribution in [0.1, 0.15) is 39.2 Å². The first-order chi connectivity index (χ1) is 8.90. The number of hydrogen-bond acceptors (Lipinski definition) is 3. The van der Waals surface area contributed by atoms with E-state index in [4.69, 9.17) is 9.84 Å². The van der Waals surface area contributed by atoms with Crippen molar-refractivity contribution in [3.8, 4) is 5.75 Å². The molecule has 0 radical (unpaired) electrons. The number of aliphatic carboxylic acids is 1. The molecule has 0 amide bonds. The molecule has 0 heterocycles. The van der Waals surface area contributed by atoms with E-state index in [0.29, 0.717) is 11.7 Å². The van der Waals surface area contributed by atoms with Crippen LogP contribution >= 0.6 is 0 Å². The second kappa shape index (κ2) is 7.14. The van der Waals surface area contributed by atoms with Crippen molar-refractivity contribution in [2.75, 3.05) is 6.61 Å². The van der Waals surface area contributed by atoms with Crippen LogP contribution in [-0.4, -0.2) is 29.8 Å². The molecule has 1 atom stereocenters. The highest BCUT2D eigenvalue weighted by molar-refractivity contribution is 5.73. The summed E-state index contributed by atoms with van der Waals surface area (Å²) in [7, 11) is 0. The summed E-state index contributed by atoms with van der Waals surface area (Å²) < 4.78 is 5.58. The van der Waals surface area contributed by atoms with E-state index in [9.17, 15) is 4.79 Å². The molecule has 4 heteroatoms. The van der Waals surface area contributed by atoms with Crippen LogP contribution in [0, 0.1) is 0 Å². The Morgan fingerprint density at radius 1 is 1.32 bits per heavy atom. The fourth-order valence-corrected chi connectivity index (χ4v) is 1.74. The Morgan fingerprint density at radius 2 is 2.00 bits per heavy atom. The number of carboxylic acids is 1. The van der Waals surface area contributed by atoms with E-state index in [1.165, 1.54) is 5.56 Å². The lowest BCUT2D eigenvalue weighted by Gasteiger charge is -2.18. The van der Waals surface area contributed by atoms with Crippen LogP contribution in [0.25, 0.3) is 0 Å². The first kappa shape index (κ1) is 15.5. The van der Waals surface area contributed by atoms with E-state index in [0.717, 1.165) is 0 Å². The molecule has 1 rings (SSSR count). The van der Waals surface area contributed by atoms with E-state index < -0.39 is 12.0 Å². The minimum atomic E-state index is -0.895. The van der Waals surface area contributed by atoms with E-state index in [1.807, 2.05) is 38.1 Å². The number of ether oxygens (including phenoxy) is 1. The van der Waals surface area contributed by atoms with Gasteiger partial charge in [0, 0.05) is 6.04 Å². The number of carbonyl (C=O) groups is 1. The third kappa shape index (κ3) is 5.30. The largest absolute Gasteiger partial charge is 0.491 e. The van der Waals surface area contributed by atoms with Gasteiger partial charge >= 0.3 is 5.97 Å². The lowest BCUT2D eigenvalue weighted by atomic mass is 10.0. The van der Waals surface area contributed by atoms with Gasteiger partial charge in [-0.25, -0.2) is 0 Å². The lowest BCUT2D eigenvalue weighted by Crippen LogP contribution is -2.44. The minimum Gasteiger partial charge on any atom is -0.491 e. The number of nitrogens with one attached hydrogen (secondary N) is 1. The highest BCUT2D eigenvalue weighted by Gasteiger charge is 2.18. The zero-order chi connectivity index (χ0) is 14.4. The Hall–Kier alpha value is -1.55. The monoisotopic (exact) mass is 265 g/mol. The second-order valence-corrected chi connectivity index (χ2v) is 5.25. The van der Waals surface area contributed by atoms with Crippen LogP contribution in [0.4, 0.5) is 0 Å². The summed E-state index contributed by atoms with van der Waals surface area (Å²) in [5.41, 5.74) is 1.18. The molecule has 0 saturated heterocycles. The predicted octanol–water partition coefficient (Wildman–Crippen LogP) is 2.64. The van der Waals surface area contributed by atoms with Gasteiger partial charge in [-0.05, 0) is 23.6 Å². The maximum atomic E-state index is 11.1. The Balaban J connectivity index is 2.63. The Bertz CT molecular complexity index is 416. The van der Waals surface area contributed by atoms with Crippen molar-refractivity contribution in [3.05, 3.63) is 29.8 Å². The first-order valence-corrected chi connectivity index (χ1v) is 6.61. The molecule has 0 aliphatic rings. The van der Waals surface area contributed by atoms with Crippen molar-refractivity contribution < 1.29 is 14.6 Å². The highest BCUT2D eigenvalue weighted by Crippen LogP contribution is 2.20. The zero-order valence-electron chi connectivity index (χ0n) is 12.0. The summed E-state index contributed by atoms with van der Waals surface area (Å²) >= 11 is 0. The SMILES string of the molecule is CC(C)NC(COc1cccc(C(C)C)c1)C(=O)O. The van der Waals surface area contributed by atoms with Crippen LogP contribution in [0.2, 0.25) is 0 Å². The fraction of sp³-hybridized carbons (Fsp3) is 0.533. The van der Waals surface area contributed by atoms with Gasteiger partial charge < -0.3 is 9.84 Å². The molecule has 4 nitrogen and oxygen atoms in total. The molecule has 2 N–H and O–H groups in total. The van der Waals surface area contributed by atoms with Gasteiger partial charge in [-0.2, -0.15) is 0 Å². The van der Waals surface area contributed by atoms with Gasteiger partial charge in [0.15, 0.2) is 0 Å². The average Bonchev–Trinajstić information content (AvgIpc) is 2.34. The Labute approximate surface area is 114 Å². The first-order valence-electron chi connectivity index (χ1n) is 6.61. The van der Waals surface area contributed by atoms with Crippen LogP contribution in [0.15, 0.2) is 24.3 Å². The van der Waals surface area contributed by atoms with E-state index in [1.54, 1.807) is 0 Å². The smallest absolute Gasteiger partial charge is 0.324 e. The maximum Gasteiger partial charge on any atom is 0.324 e. The summed E-state index contributed by atoms with van der Waals surface area (Å²) in [6.07, 6.45) is 0. The van der Waals surface area contributed by atoms with Crippen molar-refractivity contribution in [2.45, 2.75) is 45.7 Å². The van der Waals surface area contributed by atoms with Crippen molar-refractivity contribution >= 4 is 5.97 Å². The van der Waals surface area contributed by atoms with Crippen LogP contribution in [0.5, 0.6) is 5.75 Å². The molecule has 1 unspecified atom stereocenters. The fourth-order valence-electron chi connectivity index (χ4n) is 1.74. The molecule has 19 heavy (non-hydrogen) atoms. The molecule has 0 aliphatic carbocycles. The van der Waals surface area contributed by atoms with Crippen molar-refractivity contribution in [1.82, 2.24) is 5.32 Å². The van der Waals surface area contributed by atoms with Gasteiger partial charge in [-0.3, -0.25) is 10.1 Å². The number of carboxylic acid groups (broad SMARTS) is 1. The molecular formula is C15H23NO3. The Morgan fingerprint density at radius 3 is 2.53 bits per heavy atom. The van der Waals surface area contributed by atoms with E-state index in [2.05, 4.69) is 19.2 Å². The molecule has 0 spiro atoms. The Kier molecular flexibility index (Phi) is 5.83. The molecule has 106 valence electrons. The van der Waals surface area contributed by atoms with Gasteiger partial charge in [0.25, 0.3) is 0 Å². The zero-order valence-corrected chi connectivity index (χ0v) is 12.0. The molecule has 0 fully saturated rings. The number of benzene rings is 1. The van der Waals surface area contributed by atoms with Gasteiger partial charge in [0.05, 0.1) is 0 Å². The van der Waals surface area contributed by atoms with Crippen molar-refractivity contribution in [2.24, 2.45) is 0 Å². The third-order valence-electron chi connectivity index (χ3n) is 2.77. The number of rotatable bonds is 7. The summed E-state index contributed by atoms with van der Waals surface area (Å²) in [6, 6.07) is 7.18. The molecule has 0 bridgehead atoms. The maximum absolute atomic E-state index is 11.1. The summed E-state index contributed by atoms with van der Waals surface area (Å²) in [4.78, 5) is 11.1. The van der Waals surface area contributed by atoms with E-state index in [-0.39, 0.29) is 12.6 Å². The molecule has 1 aromatic rings. The van der Waals surface area contributed by atoms with Crippen molar-refractivity contribution in [1.29, 1.82) is 0 Å². The molecule has 1 aromatic carbocycles. The summed E-state index contributed by atoms with van der Waals surface area (Å²) in [6.45, 7) is 8.17.